The van der Waals surface area contributed by atoms with Crippen molar-refractivity contribution in [3.05, 3.63) is 57.6 Å². The molecule has 2 aliphatic heterocycles. The minimum Gasteiger partial charge on any atom is -0.492 e. The Bertz CT molecular complexity index is 800. The molecule has 4 nitrogen and oxygen atoms in total. The number of hydrogen-bond acceptors (Lipinski definition) is 4. The number of aryl methyl sites for hydroxylation is 1. The first-order valence-corrected chi connectivity index (χ1v) is 7.82. The fourth-order valence-electron chi connectivity index (χ4n) is 3.09. The number of carbonyl (C=O) groups excluding carboxylic acids is 1. The largest absolute Gasteiger partial charge is 0.492 e. The summed E-state index contributed by atoms with van der Waals surface area (Å²) in [4.78, 5) is 12.9. The summed E-state index contributed by atoms with van der Waals surface area (Å²) in [6.07, 6.45) is 0. The van der Waals surface area contributed by atoms with Crippen molar-refractivity contribution < 1.29 is 19.0 Å². The zero-order chi connectivity index (χ0) is 16.0. The van der Waals surface area contributed by atoms with Crippen molar-refractivity contribution in [3.63, 3.8) is 0 Å². The van der Waals surface area contributed by atoms with E-state index in [0.717, 1.165) is 16.7 Å². The molecule has 0 spiro atoms. The van der Waals surface area contributed by atoms with Crippen molar-refractivity contribution >= 4 is 17.4 Å². The number of hydrogen-bond donors (Lipinski definition) is 0. The first-order chi connectivity index (χ1) is 11.1. The SMILES string of the molecule is Cc1ccc2c(c1)OC[C@H](c1cc(Cl)cc3c1OCOC3)C2=O. The van der Waals surface area contributed by atoms with Crippen LogP contribution in [0.4, 0.5) is 0 Å². The molecule has 0 radical (unpaired) electrons. The molecule has 23 heavy (non-hydrogen) atoms. The van der Waals surface area contributed by atoms with Crippen LogP contribution < -0.4 is 9.47 Å². The molecule has 2 aromatic carbocycles. The first-order valence-electron chi connectivity index (χ1n) is 7.44. The summed E-state index contributed by atoms with van der Waals surface area (Å²) in [5, 5.41) is 0.565. The van der Waals surface area contributed by atoms with Crippen molar-refractivity contribution in [1.29, 1.82) is 0 Å². The summed E-state index contributed by atoms with van der Waals surface area (Å²) in [5.74, 6) is 0.950. The van der Waals surface area contributed by atoms with Crippen LogP contribution in [0.15, 0.2) is 30.3 Å². The molecule has 2 aliphatic rings. The van der Waals surface area contributed by atoms with Gasteiger partial charge in [-0.25, -0.2) is 0 Å². The number of ketones is 1. The van der Waals surface area contributed by atoms with Crippen molar-refractivity contribution in [2.75, 3.05) is 13.4 Å². The fourth-order valence-corrected chi connectivity index (χ4v) is 3.34. The Morgan fingerprint density at radius 1 is 1.17 bits per heavy atom. The maximum Gasteiger partial charge on any atom is 0.189 e. The Balaban J connectivity index is 1.79. The third-order valence-corrected chi connectivity index (χ3v) is 4.42. The zero-order valence-corrected chi connectivity index (χ0v) is 13.4. The summed E-state index contributed by atoms with van der Waals surface area (Å²) < 4.78 is 16.7. The van der Waals surface area contributed by atoms with Crippen LogP contribution in [0.3, 0.4) is 0 Å². The molecule has 0 saturated heterocycles. The van der Waals surface area contributed by atoms with Crippen molar-refractivity contribution in [1.82, 2.24) is 0 Å². The molecule has 4 rings (SSSR count). The van der Waals surface area contributed by atoms with Gasteiger partial charge < -0.3 is 14.2 Å². The average molecular weight is 331 g/mol. The molecule has 0 aliphatic carbocycles. The van der Waals surface area contributed by atoms with Gasteiger partial charge in [-0.15, -0.1) is 0 Å². The molecule has 0 bridgehead atoms. The molecule has 0 saturated carbocycles. The van der Waals surface area contributed by atoms with Gasteiger partial charge in [-0.1, -0.05) is 17.7 Å². The van der Waals surface area contributed by atoms with Crippen LogP contribution >= 0.6 is 11.6 Å². The summed E-state index contributed by atoms with van der Waals surface area (Å²) >= 11 is 6.21. The van der Waals surface area contributed by atoms with Crippen molar-refractivity contribution in [2.45, 2.75) is 19.4 Å². The normalized spacial score (nSPS) is 19.4. The van der Waals surface area contributed by atoms with Crippen LogP contribution in [-0.4, -0.2) is 19.2 Å². The maximum absolute atomic E-state index is 12.9. The number of ether oxygens (including phenoxy) is 3. The van der Waals surface area contributed by atoms with Crippen LogP contribution in [0.1, 0.15) is 33.0 Å². The molecule has 1 atom stereocenters. The lowest BCUT2D eigenvalue weighted by atomic mass is 9.87. The highest BCUT2D eigenvalue weighted by Crippen LogP contribution is 2.40. The number of carbonyl (C=O) groups is 1. The molecule has 5 heteroatoms. The van der Waals surface area contributed by atoms with E-state index >= 15 is 0 Å². The second-order valence-electron chi connectivity index (χ2n) is 5.82. The smallest absolute Gasteiger partial charge is 0.189 e. The van der Waals surface area contributed by atoms with Crippen LogP contribution in [0, 0.1) is 6.92 Å². The van der Waals surface area contributed by atoms with Gasteiger partial charge in [0, 0.05) is 16.1 Å². The molecule has 0 unspecified atom stereocenters. The minimum absolute atomic E-state index is 0.0332. The first kappa shape index (κ1) is 14.5. The van der Waals surface area contributed by atoms with E-state index in [0.29, 0.717) is 28.7 Å². The predicted octanol–water partition coefficient (Wildman–Crippen LogP) is 3.87. The monoisotopic (exact) mass is 330 g/mol. The van der Waals surface area contributed by atoms with Crippen LogP contribution in [-0.2, 0) is 11.3 Å². The van der Waals surface area contributed by atoms with Crippen molar-refractivity contribution in [2.24, 2.45) is 0 Å². The Kier molecular flexibility index (Phi) is 3.51. The van der Waals surface area contributed by atoms with E-state index in [-0.39, 0.29) is 19.2 Å². The van der Waals surface area contributed by atoms with Gasteiger partial charge >= 0.3 is 0 Å². The Morgan fingerprint density at radius 3 is 2.91 bits per heavy atom. The van der Waals surface area contributed by atoms with Gasteiger partial charge in [0.2, 0.25) is 0 Å². The van der Waals surface area contributed by atoms with E-state index in [4.69, 9.17) is 25.8 Å². The van der Waals surface area contributed by atoms with Gasteiger partial charge in [-0.3, -0.25) is 4.79 Å². The third-order valence-electron chi connectivity index (χ3n) is 4.20. The highest BCUT2D eigenvalue weighted by atomic mass is 35.5. The van der Waals surface area contributed by atoms with Gasteiger partial charge in [0.25, 0.3) is 0 Å². The van der Waals surface area contributed by atoms with Crippen LogP contribution in [0.2, 0.25) is 5.02 Å². The lowest BCUT2D eigenvalue weighted by molar-refractivity contribution is -0.0174. The summed E-state index contributed by atoms with van der Waals surface area (Å²) in [7, 11) is 0. The van der Waals surface area contributed by atoms with E-state index < -0.39 is 5.92 Å². The Morgan fingerprint density at radius 2 is 2.04 bits per heavy atom. The molecule has 0 N–H and O–H groups in total. The summed E-state index contributed by atoms with van der Waals surface area (Å²) in [5.41, 5.74) is 3.30. The molecule has 118 valence electrons. The molecule has 2 heterocycles. The van der Waals surface area contributed by atoms with E-state index in [2.05, 4.69) is 0 Å². The molecule has 0 amide bonds. The lowest BCUT2D eigenvalue weighted by Crippen LogP contribution is -2.27. The fraction of sp³-hybridized carbons (Fsp3) is 0.278. The minimum atomic E-state index is -0.421. The summed E-state index contributed by atoms with van der Waals surface area (Å²) in [6, 6.07) is 9.23. The average Bonchev–Trinajstić information content (AvgIpc) is 2.54. The predicted molar refractivity (Wildman–Crippen MR) is 85.5 cm³/mol. The third kappa shape index (κ3) is 2.48. The maximum atomic E-state index is 12.9. The molecular weight excluding hydrogens is 316 g/mol. The molecular formula is C18H15ClO4. The number of halogens is 1. The highest BCUT2D eigenvalue weighted by Gasteiger charge is 2.33. The van der Waals surface area contributed by atoms with Gasteiger partial charge in [0.05, 0.1) is 18.1 Å². The molecule has 2 aromatic rings. The zero-order valence-electron chi connectivity index (χ0n) is 12.6. The topological polar surface area (TPSA) is 44.8 Å². The quantitative estimate of drug-likeness (QED) is 0.796. The number of Topliss-reactive ketones (excluding diaryl/α,β-unsaturated/α-hetero) is 1. The van der Waals surface area contributed by atoms with Crippen LogP contribution in [0.25, 0.3) is 0 Å². The van der Waals surface area contributed by atoms with E-state index in [1.54, 1.807) is 6.07 Å². The standard InChI is InChI=1S/C18H15ClO4/c1-10-2-3-13-16(4-10)22-8-15(17(13)20)14-6-12(19)5-11-7-21-9-23-18(11)14/h2-6,15H,7-9H2,1H3/t15-/m1/s1. The second kappa shape index (κ2) is 5.55. The molecule has 0 aromatic heterocycles. The Hall–Kier alpha value is -2.04. The number of benzene rings is 2. The van der Waals surface area contributed by atoms with Crippen LogP contribution in [0.5, 0.6) is 11.5 Å². The van der Waals surface area contributed by atoms with E-state index in [1.165, 1.54) is 0 Å². The second-order valence-corrected chi connectivity index (χ2v) is 6.26. The lowest BCUT2D eigenvalue weighted by Gasteiger charge is -2.28. The Labute approximate surface area is 138 Å². The van der Waals surface area contributed by atoms with Gasteiger partial charge in [0.15, 0.2) is 12.6 Å². The highest BCUT2D eigenvalue weighted by molar-refractivity contribution is 6.30. The summed E-state index contributed by atoms with van der Waals surface area (Å²) in [6.45, 7) is 2.87. The van der Waals surface area contributed by atoms with Gasteiger partial charge in [0.1, 0.15) is 18.1 Å². The van der Waals surface area contributed by atoms with Gasteiger partial charge in [-0.2, -0.15) is 0 Å². The molecule has 0 fully saturated rings. The number of fused-ring (bicyclic) bond motifs is 2. The number of rotatable bonds is 1. The van der Waals surface area contributed by atoms with E-state index in [9.17, 15) is 4.79 Å². The van der Waals surface area contributed by atoms with Crippen molar-refractivity contribution in [3.8, 4) is 11.5 Å². The van der Waals surface area contributed by atoms with Gasteiger partial charge in [-0.05, 0) is 36.8 Å². The van der Waals surface area contributed by atoms with E-state index in [1.807, 2.05) is 31.2 Å².